The summed E-state index contributed by atoms with van der Waals surface area (Å²) in [6.07, 6.45) is 15.2. The maximum absolute atomic E-state index is 12.2. The summed E-state index contributed by atoms with van der Waals surface area (Å²) < 4.78 is 27.0. The molecule has 1 N–H and O–H groups in total. The topological polar surface area (TPSA) is 70.0 Å². The Bertz CT molecular complexity index is 416. The second-order valence-electron chi connectivity index (χ2n) is 6.73. The third-order valence-electron chi connectivity index (χ3n) is 4.42. The first-order valence-corrected chi connectivity index (χ1v) is 11.5. The van der Waals surface area contributed by atoms with E-state index in [1.54, 1.807) is 0 Å². The van der Waals surface area contributed by atoms with Crippen molar-refractivity contribution in [2.24, 2.45) is 0 Å². The standard InChI is InChI=1S/C19H38N2O2S/c1-3-5-7-9-11-12-14-16-19(18-20)24(22,23)21-17-15-13-10-8-6-4-2/h19,21H,3-17H2,1-2H3. The summed E-state index contributed by atoms with van der Waals surface area (Å²) in [5.41, 5.74) is 0. The molecule has 24 heavy (non-hydrogen) atoms. The predicted octanol–water partition coefficient (Wildman–Crippen LogP) is 5.30. The molecular formula is C19H38N2O2S. The second kappa shape index (κ2) is 15.9. The van der Waals surface area contributed by atoms with Gasteiger partial charge in [0.25, 0.3) is 0 Å². The van der Waals surface area contributed by atoms with E-state index >= 15 is 0 Å². The normalized spacial score (nSPS) is 12.9. The zero-order chi connectivity index (χ0) is 18.1. The van der Waals surface area contributed by atoms with E-state index in [0.717, 1.165) is 38.5 Å². The van der Waals surface area contributed by atoms with Crippen LogP contribution in [0, 0.1) is 11.3 Å². The molecule has 0 heterocycles. The molecule has 0 saturated heterocycles. The van der Waals surface area contributed by atoms with E-state index in [9.17, 15) is 8.42 Å². The molecule has 0 aromatic carbocycles. The van der Waals surface area contributed by atoms with Crippen molar-refractivity contribution in [1.82, 2.24) is 4.72 Å². The fourth-order valence-corrected chi connectivity index (χ4v) is 4.04. The second-order valence-corrected chi connectivity index (χ2v) is 8.68. The Morgan fingerprint density at radius 3 is 1.75 bits per heavy atom. The summed E-state index contributed by atoms with van der Waals surface area (Å²) in [6, 6.07) is 1.97. The van der Waals surface area contributed by atoms with Gasteiger partial charge in [-0.2, -0.15) is 5.26 Å². The van der Waals surface area contributed by atoms with Crippen LogP contribution in [0.4, 0.5) is 0 Å². The van der Waals surface area contributed by atoms with Gasteiger partial charge >= 0.3 is 0 Å². The summed E-state index contributed by atoms with van der Waals surface area (Å²) in [4.78, 5) is 0. The Morgan fingerprint density at radius 2 is 1.25 bits per heavy atom. The van der Waals surface area contributed by atoms with Crippen molar-refractivity contribution in [3.8, 4) is 6.07 Å². The van der Waals surface area contributed by atoms with E-state index in [-0.39, 0.29) is 0 Å². The monoisotopic (exact) mass is 358 g/mol. The molecule has 0 aliphatic heterocycles. The van der Waals surface area contributed by atoms with Crippen LogP contribution in [0.25, 0.3) is 0 Å². The van der Waals surface area contributed by atoms with Gasteiger partial charge in [0.1, 0.15) is 0 Å². The molecule has 0 aromatic heterocycles. The zero-order valence-corrected chi connectivity index (χ0v) is 16.7. The van der Waals surface area contributed by atoms with Gasteiger partial charge in [0.2, 0.25) is 10.0 Å². The Hall–Kier alpha value is -0.600. The first kappa shape index (κ1) is 23.4. The van der Waals surface area contributed by atoms with Gasteiger partial charge in [-0.25, -0.2) is 13.1 Å². The SMILES string of the molecule is CCCCCCCCCC(C#N)S(=O)(=O)NCCCCCCCC. The number of sulfonamides is 1. The highest BCUT2D eigenvalue weighted by molar-refractivity contribution is 7.90. The molecule has 142 valence electrons. The van der Waals surface area contributed by atoms with Gasteiger partial charge in [-0.1, -0.05) is 90.9 Å². The fourth-order valence-electron chi connectivity index (χ4n) is 2.80. The predicted molar refractivity (Wildman–Crippen MR) is 102 cm³/mol. The molecular weight excluding hydrogens is 320 g/mol. The Labute approximate surface area is 150 Å². The van der Waals surface area contributed by atoms with Gasteiger partial charge in [-0.05, 0) is 12.8 Å². The molecule has 0 bridgehead atoms. The van der Waals surface area contributed by atoms with E-state index in [4.69, 9.17) is 5.26 Å². The summed E-state index contributed by atoms with van der Waals surface area (Å²) >= 11 is 0. The van der Waals surface area contributed by atoms with Crippen molar-refractivity contribution in [3.63, 3.8) is 0 Å². The first-order chi connectivity index (χ1) is 11.6. The van der Waals surface area contributed by atoms with E-state index in [1.165, 1.54) is 44.9 Å². The Kier molecular flexibility index (Phi) is 15.5. The van der Waals surface area contributed by atoms with Gasteiger partial charge in [-0.3, -0.25) is 0 Å². The number of unbranched alkanes of at least 4 members (excludes halogenated alkanes) is 11. The van der Waals surface area contributed by atoms with Crippen molar-refractivity contribution >= 4 is 10.0 Å². The number of nitrogens with zero attached hydrogens (tertiary/aromatic N) is 1. The lowest BCUT2D eigenvalue weighted by molar-refractivity contribution is 0.546. The highest BCUT2D eigenvalue weighted by atomic mass is 32.2. The summed E-state index contributed by atoms with van der Waals surface area (Å²) in [6.45, 7) is 4.84. The minimum absolute atomic E-state index is 0.454. The lowest BCUT2D eigenvalue weighted by Gasteiger charge is -2.12. The molecule has 0 aliphatic rings. The quantitative estimate of drug-likeness (QED) is 0.359. The molecule has 0 amide bonds. The Morgan fingerprint density at radius 1 is 0.792 bits per heavy atom. The third kappa shape index (κ3) is 12.8. The van der Waals surface area contributed by atoms with Gasteiger partial charge in [0.05, 0.1) is 6.07 Å². The maximum atomic E-state index is 12.2. The average molecular weight is 359 g/mol. The van der Waals surface area contributed by atoms with Crippen LogP contribution in [0.5, 0.6) is 0 Å². The first-order valence-electron chi connectivity index (χ1n) is 9.96. The number of hydrogen-bond donors (Lipinski definition) is 1. The molecule has 4 nitrogen and oxygen atoms in total. The van der Waals surface area contributed by atoms with Crippen LogP contribution in [-0.2, 0) is 10.0 Å². The number of nitriles is 1. The van der Waals surface area contributed by atoms with Gasteiger partial charge in [0, 0.05) is 6.54 Å². The van der Waals surface area contributed by atoms with Crippen LogP contribution in [0.2, 0.25) is 0 Å². The Balaban J connectivity index is 3.83. The molecule has 0 rings (SSSR count). The van der Waals surface area contributed by atoms with Crippen LogP contribution in [-0.4, -0.2) is 20.2 Å². The van der Waals surface area contributed by atoms with Crippen molar-refractivity contribution in [1.29, 1.82) is 5.26 Å². The summed E-state index contributed by atoms with van der Waals surface area (Å²) in [5.74, 6) is 0. The van der Waals surface area contributed by atoms with Crippen LogP contribution < -0.4 is 4.72 Å². The van der Waals surface area contributed by atoms with Crippen molar-refractivity contribution in [2.45, 2.75) is 109 Å². The zero-order valence-electron chi connectivity index (χ0n) is 15.9. The van der Waals surface area contributed by atoms with E-state index in [0.29, 0.717) is 13.0 Å². The minimum atomic E-state index is -3.48. The molecule has 0 radical (unpaired) electrons. The number of nitrogens with one attached hydrogen (secondary N) is 1. The highest BCUT2D eigenvalue weighted by Crippen LogP contribution is 2.13. The highest BCUT2D eigenvalue weighted by Gasteiger charge is 2.23. The van der Waals surface area contributed by atoms with Crippen LogP contribution >= 0.6 is 0 Å². The lowest BCUT2D eigenvalue weighted by atomic mass is 10.1. The molecule has 1 atom stereocenters. The van der Waals surface area contributed by atoms with Gasteiger partial charge in [0.15, 0.2) is 5.25 Å². The molecule has 0 fully saturated rings. The van der Waals surface area contributed by atoms with Crippen LogP contribution in [0.15, 0.2) is 0 Å². The average Bonchev–Trinajstić information content (AvgIpc) is 2.56. The van der Waals surface area contributed by atoms with Crippen LogP contribution in [0.1, 0.15) is 104 Å². The van der Waals surface area contributed by atoms with Crippen molar-refractivity contribution in [3.05, 3.63) is 0 Å². The van der Waals surface area contributed by atoms with Crippen molar-refractivity contribution < 1.29 is 8.42 Å². The summed E-state index contributed by atoms with van der Waals surface area (Å²) in [5, 5.41) is 8.27. The molecule has 0 aliphatic carbocycles. The number of rotatable bonds is 17. The maximum Gasteiger partial charge on any atom is 0.227 e. The van der Waals surface area contributed by atoms with Gasteiger partial charge < -0.3 is 0 Å². The number of hydrogen-bond acceptors (Lipinski definition) is 3. The summed E-state index contributed by atoms with van der Waals surface area (Å²) in [7, 11) is -3.48. The van der Waals surface area contributed by atoms with Crippen molar-refractivity contribution in [2.75, 3.05) is 6.54 Å². The van der Waals surface area contributed by atoms with Gasteiger partial charge in [-0.15, -0.1) is 0 Å². The smallest absolute Gasteiger partial charge is 0.214 e. The largest absolute Gasteiger partial charge is 0.227 e. The van der Waals surface area contributed by atoms with E-state index < -0.39 is 15.3 Å². The minimum Gasteiger partial charge on any atom is -0.214 e. The third-order valence-corrected chi connectivity index (χ3v) is 6.12. The molecule has 5 heteroatoms. The molecule has 1 unspecified atom stereocenters. The van der Waals surface area contributed by atoms with E-state index in [2.05, 4.69) is 18.6 Å². The van der Waals surface area contributed by atoms with Crippen LogP contribution in [0.3, 0.4) is 0 Å². The molecule has 0 spiro atoms. The molecule has 0 saturated carbocycles. The molecule has 0 aromatic rings. The fraction of sp³-hybridized carbons (Fsp3) is 0.947. The van der Waals surface area contributed by atoms with E-state index in [1.807, 2.05) is 6.07 Å². The lowest BCUT2D eigenvalue weighted by Crippen LogP contribution is -2.34.